The van der Waals surface area contributed by atoms with Gasteiger partial charge in [0.2, 0.25) is 5.91 Å². The molecule has 1 N–H and O–H groups in total. The lowest BCUT2D eigenvalue weighted by molar-refractivity contribution is -0.130. The second-order valence-corrected chi connectivity index (χ2v) is 5.50. The highest BCUT2D eigenvalue weighted by molar-refractivity contribution is 5.84. The van der Waals surface area contributed by atoms with Crippen molar-refractivity contribution in [2.45, 2.75) is 39.4 Å². The van der Waals surface area contributed by atoms with Gasteiger partial charge in [-0.1, -0.05) is 51.1 Å². The van der Waals surface area contributed by atoms with Gasteiger partial charge in [-0.15, -0.1) is 0 Å². The molecule has 21 heavy (non-hydrogen) atoms. The van der Waals surface area contributed by atoms with E-state index in [0.717, 1.165) is 32.6 Å². The molecule has 1 heterocycles. The van der Waals surface area contributed by atoms with Gasteiger partial charge in [-0.05, 0) is 25.1 Å². The van der Waals surface area contributed by atoms with Crippen LogP contribution in [0.1, 0.15) is 38.9 Å². The molecule has 2 unspecified atom stereocenters. The lowest BCUT2D eigenvalue weighted by Gasteiger charge is -2.27. The number of rotatable bonds is 7. The molecule has 2 rings (SSSR count). The SMILES string of the molecule is CCC1NC(c2ccccc2)N(CCN(CC)CC)C1=O. The fourth-order valence-corrected chi connectivity index (χ4v) is 2.91. The molecular weight excluding hydrogens is 262 g/mol. The monoisotopic (exact) mass is 289 g/mol. The van der Waals surface area contributed by atoms with E-state index in [4.69, 9.17) is 0 Å². The van der Waals surface area contributed by atoms with Crippen LogP contribution in [-0.2, 0) is 4.79 Å². The van der Waals surface area contributed by atoms with Crippen molar-refractivity contribution in [2.24, 2.45) is 0 Å². The zero-order chi connectivity index (χ0) is 15.2. The first-order chi connectivity index (χ1) is 10.2. The topological polar surface area (TPSA) is 35.6 Å². The van der Waals surface area contributed by atoms with Gasteiger partial charge in [0, 0.05) is 13.1 Å². The second-order valence-electron chi connectivity index (χ2n) is 5.50. The molecule has 0 aromatic heterocycles. The summed E-state index contributed by atoms with van der Waals surface area (Å²) >= 11 is 0. The zero-order valence-corrected chi connectivity index (χ0v) is 13.4. The third-order valence-corrected chi connectivity index (χ3v) is 4.33. The average Bonchev–Trinajstić information content (AvgIpc) is 2.85. The van der Waals surface area contributed by atoms with Gasteiger partial charge in [0.25, 0.3) is 0 Å². The van der Waals surface area contributed by atoms with E-state index in [1.165, 1.54) is 5.56 Å². The van der Waals surface area contributed by atoms with Crippen LogP contribution in [0.2, 0.25) is 0 Å². The van der Waals surface area contributed by atoms with Crippen molar-refractivity contribution in [3.8, 4) is 0 Å². The van der Waals surface area contributed by atoms with E-state index in [1.54, 1.807) is 0 Å². The van der Waals surface area contributed by atoms with E-state index in [0.29, 0.717) is 0 Å². The number of benzene rings is 1. The summed E-state index contributed by atoms with van der Waals surface area (Å²) in [5, 5.41) is 3.47. The molecule has 4 heteroatoms. The maximum atomic E-state index is 12.6. The maximum absolute atomic E-state index is 12.6. The highest BCUT2D eigenvalue weighted by atomic mass is 16.2. The Kier molecular flexibility index (Phi) is 5.76. The minimum absolute atomic E-state index is 0.0132. The summed E-state index contributed by atoms with van der Waals surface area (Å²) in [5.74, 6) is 0.235. The molecule has 2 atom stereocenters. The Morgan fingerprint density at radius 2 is 1.81 bits per heavy atom. The van der Waals surface area contributed by atoms with Crippen LogP contribution in [0.5, 0.6) is 0 Å². The van der Waals surface area contributed by atoms with E-state index in [1.807, 2.05) is 23.1 Å². The minimum atomic E-state index is -0.0492. The summed E-state index contributed by atoms with van der Waals surface area (Å²) in [7, 11) is 0. The van der Waals surface area contributed by atoms with Crippen LogP contribution in [0.4, 0.5) is 0 Å². The third-order valence-electron chi connectivity index (χ3n) is 4.33. The van der Waals surface area contributed by atoms with Crippen molar-refractivity contribution in [1.82, 2.24) is 15.1 Å². The summed E-state index contributed by atoms with van der Waals surface area (Å²) in [4.78, 5) is 16.9. The average molecular weight is 289 g/mol. The van der Waals surface area contributed by atoms with Gasteiger partial charge in [-0.3, -0.25) is 10.1 Å². The standard InChI is InChI=1S/C17H27N3O/c1-4-15-17(21)20(13-12-19(5-2)6-3)16(18-15)14-10-8-7-9-11-14/h7-11,15-16,18H,4-6,12-13H2,1-3H3. The van der Waals surface area contributed by atoms with Crippen LogP contribution in [0.3, 0.4) is 0 Å². The van der Waals surface area contributed by atoms with Crippen LogP contribution in [0.25, 0.3) is 0 Å². The number of carbonyl (C=O) groups is 1. The molecule has 0 radical (unpaired) electrons. The Morgan fingerprint density at radius 3 is 2.38 bits per heavy atom. The van der Waals surface area contributed by atoms with E-state index >= 15 is 0 Å². The maximum Gasteiger partial charge on any atom is 0.241 e. The van der Waals surface area contributed by atoms with Gasteiger partial charge in [0.05, 0.1) is 6.04 Å². The highest BCUT2D eigenvalue weighted by Crippen LogP contribution is 2.26. The van der Waals surface area contributed by atoms with Crippen molar-refractivity contribution in [3.05, 3.63) is 35.9 Å². The van der Waals surface area contributed by atoms with E-state index < -0.39 is 0 Å². The van der Waals surface area contributed by atoms with Gasteiger partial charge in [0.15, 0.2) is 0 Å². The minimum Gasteiger partial charge on any atom is -0.320 e. The van der Waals surface area contributed by atoms with Crippen LogP contribution < -0.4 is 5.32 Å². The van der Waals surface area contributed by atoms with Crippen molar-refractivity contribution >= 4 is 5.91 Å². The molecule has 1 saturated heterocycles. The number of hydrogen-bond donors (Lipinski definition) is 1. The van der Waals surface area contributed by atoms with Gasteiger partial charge >= 0.3 is 0 Å². The van der Waals surface area contributed by atoms with Crippen molar-refractivity contribution in [3.63, 3.8) is 0 Å². The first-order valence-corrected chi connectivity index (χ1v) is 8.05. The van der Waals surface area contributed by atoms with Gasteiger partial charge in [-0.2, -0.15) is 0 Å². The molecule has 1 aliphatic heterocycles. The largest absolute Gasteiger partial charge is 0.320 e. The van der Waals surface area contributed by atoms with Crippen LogP contribution in [0.15, 0.2) is 30.3 Å². The number of likely N-dealkylation sites (N-methyl/N-ethyl adjacent to an activating group) is 1. The molecule has 0 spiro atoms. The van der Waals surface area contributed by atoms with Crippen LogP contribution >= 0.6 is 0 Å². The third kappa shape index (κ3) is 3.63. The molecule has 0 saturated carbocycles. The molecule has 1 fully saturated rings. The predicted molar refractivity (Wildman–Crippen MR) is 85.9 cm³/mol. The number of nitrogens with zero attached hydrogens (tertiary/aromatic N) is 2. The van der Waals surface area contributed by atoms with Crippen LogP contribution in [0, 0.1) is 0 Å². The fraction of sp³-hybridized carbons (Fsp3) is 0.588. The van der Waals surface area contributed by atoms with Crippen LogP contribution in [-0.4, -0.2) is 47.9 Å². The van der Waals surface area contributed by atoms with Gasteiger partial charge < -0.3 is 9.80 Å². The lowest BCUT2D eigenvalue weighted by atomic mass is 10.1. The highest BCUT2D eigenvalue weighted by Gasteiger charge is 2.38. The summed E-state index contributed by atoms with van der Waals surface area (Å²) in [5.41, 5.74) is 1.17. The predicted octanol–water partition coefficient (Wildman–Crippen LogP) is 2.24. The quantitative estimate of drug-likeness (QED) is 0.836. The molecule has 116 valence electrons. The Balaban J connectivity index is 2.11. The van der Waals surface area contributed by atoms with E-state index in [9.17, 15) is 4.79 Å². The number of amides is 1. The first-order valence-electron chi connectivity index (χ1n) is 8.05. The molecule has 1 aromatic rings. The molecule has 4 nitrogen and oxygen atoms in total. The summed E-state index contributed by atoms with van der Waals surface area (Å²) in [6.07, 6.45) is 0.850. The zero-order valence-electron chi connectivity index (χ0n) is 13.4. The lowest BCUT2D eigenvalue weighted by Crippen LogP contribution is -2.38. The van der Waals surface area contributed by atoms with Crippen molar-refractivity contribution < 1.29 is 4.79 Å². The molecule has 0 aliphatic carbocycles. The van der Waals surface area contributed by atoms with Gasteiger partial charge in [0.1, 0.15) is 6.17 Å². The number of carbonyl (C=O) groups excluding carboxylic acids is 1. The molecule has 1 aliphatic rings. The summed E-state index contributed by atoms with van der Waals surface area (Å²) in [6, 6.07) is 10.2. The van der Waals surface area contributed by atoms with Gasteiger partial charge in [-0.25, -0.2) is 0 Å². The molecule has 1 aromatic carbocycles. The normalized spacial score (nSPS) is 22.3. The Labute approximate surface area is 128 Å². The molecule has 0 bridgehead atoms. The summed E-state index contributed by atoms with van der Waals surface area (Å²) in [6.45, 7) is 10.2. The summed E-state index contributed by atoms with van der Waals surface area (Å²) < 4.78 is 0. The first kappa shape index (κ1) is 16.0. The van der Waals surface area contributed by atoms with Crippen molar-refractivity contribution in [1.29, 1.82) is 0 Å². The Morgan fingerprint density at radius 1 is 1.14 bits per heavy atom. The number of nitrogens with one attached hydrogen (secondary N) is 1. The van der Waals surface area contributed by atoms with E-state index in [-0.39, 0.29) is 18.1 Å². The Hall–Kier alpha value is -1.39. The fourth-order valence-electron chi connectivity index (χ4n) is 2.91. The van der Waals surface area contributed by atoms with E-state index in [2.05, 4.69) is 43.1 Å². The Bertz CT molecular complexity index is 445. The van der Waals surface area contributed by atoms with Crippen molar-refractivity contribution in [2.75, 3.05) is 26.2 Å². The second kappa shape index (κ2) is 7.57. The smallest absolute Gasteiger partial charge is 0.241 e. The molecular formula is C17H27N3O. The number of hydrogen-bond acceptors (Lipinski definition) is 3. The molecule has 1 amide bonds.